The topological polar surface area (TPSA) is 75.9 Å². The second kappa shape index (κ2) is 10.9. The van der Waals surface area contributed by atoms with E-state index in [1.54, 1.807) is 24.3 Å². The number of carbonyl (C=O) groups is 1. The predicted molar refractivity (Wildman–Crippen MR) is 131 cm³/mol. The van der Waals surface area contributed by atoms with Gasteiger partial charge in [-0.3, -0.25) is 18.9 Å². The van der Waals surface area contributed by atoms with Gasteiger partial charge in [-0.1, -0.05) is 49.8 Å². The molecule has 1 fully saturated rings. The van der Waals surface area contributed by atoms with Gasteiger partial charge in [0.1, 0.15) is 15.8 Å². The third-order valence-electron chi connectivity index (χ3n) is 5.04. The van der Waals surface area contributed by atoms with E-state index in [0.717, 1.165) is 24.8 Å². The Morgan fingerprint density at radius 1 is 1.29 bits per heavy atom. The van der Waals surface area contributed by atoms with E-state index in [9.17, 15) is 9.59 Å². The van der Waals surface area contributed by atoms with Crippen LogP contribution >= 0.6 is 24.0 Å². The van der Waals surface area contributed by atoms with E-state index in [2.05, 4.69) is 12.2 Å². The number of ether oxygens (including phenoxy) is 1. The van der Waals surface area contributed by atoms with Crippen molar-refractivity contribution >= 4 is 51.7 Å². The number of hydrogen-bond acceptors (Lipinski definition) is 7. The Morgan fingerprint density at radius 2 is 2.10 bits per heavy atom. The summed E-state index contributed by atoms with van der Waals surface area (Å²) in [5, 5.41) is 3.31. The summed E-state index contributed by atoms with van der Waals surface area (Å²) in [5.41, 5.74) is 1.68. The van der Waals surface area contributed by atoms with Crippen molar-refractivity contribution < 1.29 is 9.53 Å². The minimum atomic E-state index is -0.212. The number of nitrogens with one attached hydrogen (secondary N) is 1. The molecule has 0 radical (unpaired) electrons. The quantitative estimate of drug-likeness (QED) is 0.328. The lowest BCUT2D eigenvalue weighted by Gasteiger charge is -2.14. The van der Waals surface area contributed by atoms with Gasteiger partial charge in [0.15, 0.2) is 0 Å². The number of amides is 1. The van der Waals surface area contributed by atoms with E-state index in [0.29, 0.717) is 52.4 Å². The number of aryl methyl sites for hydroxylation is 1. The van der Waals surface area contributed by atoms with E-state index in [-0.39, 0.29) is 11.5 Å². The maximum Gasteiger partial charge on any atom is 0.267 e. The van der Waals surface area contributed by atoms with Crippen molar-refractivity contribution in [2.75, 3.05) is 32.1 Å². The minimum absolute atomic E-state index is 0.184. The van der Waals surface area contributed by atoms with E-state index in [1.165, 1.54) is 16.2 Å². The van der Waals surface area contributed by atoms with Gasteiger partial charge in [0.05, 0.1) is 10.5 Å². The molecule has 1 aliphatic heterocycles. The highest BCUT2D eigenvalue weighted by Gasteiger charge is 2.32. The molecule has 7 nitrogen and oxygen atoms in total. The molecule has 0 atom stereocenters. The number of anilines is 1. The van der Waals surface area contributed by atoms with Gasteiger partial charge in [0.25, 0.3) is 11.5 Å². The molecule has 2 aromatic rings. The second-order valence-corrected chi connectivity index (χ2v) is 9.05. The SMILES string of the molecule is CCCCCNc1nc2c(C)cccn2c(=O)c1C=C1SC(=S)N(CCCOC)C1=O. The number of nitrogens with zero attached hydrogens (tertiary/aromatic N) is 3. The van der Waals surface area contributed by atoms with Gasteiger partial charge in [-0.15, -0.1) is 0 Å². The molecule has 166 valence electrons. The number of pyridine rings is 1. The molecule has 0 spiro atoms. The van der Waals surface area contributed by atoms with E-state index in [1.807, 2.05) is 19.1 Å². The summed E-state index contributed by atoms with van der Waals surface area (Å²) in [6.45, 7) is 5.82. The Labute approximate surface area is 191 Å². The van der Waals surface area contributed by atoms with Crippen LogP contribution in [0.3, 0.4) is 0 Å². The lowest BCUT2D eigenvalue weighted by atomic mass is 10.2. The molecule has 3 heterocycles. The van der Waals surface area contributed by atoms with Crippen molar-refractivity contribution in [1.82, 2.24) is 14.3 Å². The zero-order valence-electron chi connectivity index (χ0n) is 18.1. The van der Waals surface area contributed by atoms with Gasteiger partial charge >= 0.3 is 0 Å². The molecule has 1 amide bonds. The summed E-state index contributed by atoms with van der Waals surface area (Å²) in [6, 6.07) is 3.74. The summed E-state index contributed by atoms with van der Waals surface area (Å²) >= 11 is 6.61. The Bertz CT molecular complexity index is 1060. The van der Waals surface area contributed by atoms with Crippen LogP contribution in [-0.2, 0) is 9.53 Å². The minimum Gasteiger partial charge on any atom is -0.385 e. The third-order valence-corrected chi connectivity index (χ3v) is 6.41. The van der Waals surface area contributed by atoms with Crippen molar-refractivity contribution in [2.45, 2.75) is 39.5 Å². The van der Waals surface area contributed by atoms with Crippen LogP contribution in [0.2, 0.25) is 0 Å². The standard InChI is InChI=1S/C22H28N4O3S2/c1-4-5-6-10-23-18-16(20(27)25-11-7-9-15(2)19(25)24-18)14-17-21(28)26(22(30)31-17)12-8-13-29-3/h7,9,11,14,23H,4-6,8,10,12-13H2,1-3H3. The fourth-order valence-corrected chi connectivity index (χ4v) is 4.64. The first-order valence-electron chi connectivity index (χ1n) is 10.5. The molecule has 9 heteroatoms. The Kier molecular flexibility index (Phi) is 8.22. The molecule has 1 N–H and O–H groups in total. The fourth-order valence-electron chi connectivity index (χ4n) is 3.35. The average molecular weight is 461 g/mol. The number of thiocarbonyl (C=S) groups is 1. The molecular weight excluding hydrogens is 432 g/mol. The van der Waals surface area contributed by atoms with Gasteiger partial charge < -0.3 is 10.1 Å². The van der Waals surface area contributed by atoms with E-state index < -0.39 is 0 Å². The highest BCUT2D eigenvalue weighted by molar-refractivity contribution is 8.26. The van der Waals surface area contributed by atoms with Crippen LogP contribution in [0, 0.1) is 6.92 Å². The molecule has 0 unspecified atom stereocenters. The number of hydrogen-bond donors (Lipinski definition) is 1. The summed E-state index contributed by atoms with van der Waals surface area (Å²) < 4.78 is 7.09. The molecule has 0 aromatic carbocycles. The normalized spacial score (nSPS) is 15.5. The third kappa shape index (κ3) is 5.34. The zero-order valence-corrected chi connectivity index (χ0v) is 19.8. The first kappa shape index (κ1) is 23.4. The predicted octanol–water partition coefficient (Wildman–Crippen LogP) is 3.84. The Morgan fingerprint density at radius 3 is 2.84 bits per heavy atom. The number of aromatic nitrogens is 2. The number of carbonyl (C=O) groups excluding carboxylic acids is 1. The molecule has 1 saturated heterocycles. The van der Waals surface area contributed by atoms with Crippen molar-refractivity contribution in [3.05, 3.63) is 44.7 Å². The largest absolute Gasteiger partial charge is 0.385 e. The fraction of sp³-hybridized carbons (Fsp3) is 0.455. The van der Waals surface area contributed by atoms with Gasteiger partial charge in [0, 0.05) is 33.0 Å². The summed E-state index contributed by atoms with van der Waals surface area (Å²) in [5.74, 6) is 0.317. The van der Waals surface area contributed by atoms with E-state index >= 15 is 0 Å². The van der Waals surface area contributed by atoms with Gasteiger partial charge in [-0.25, -0.2) is 4.98 Å². The average Bonchev–Trinajstić information content (AvgIpc) is 3.02. The van der Waals surface area contributed by atoms with Crippen LogP contribution in [-0.4, -0.2) is 51.3 Å². The molecule has 0 aliphatic carbocycles. The highest BCUT2D eigenvalue weighted by Crippen LogP contribution is 2.33. The maximum absolute atomic E-state index is 13.3. The summed E-state index contributed by atoms with van der Waals surface area (Å²) in [7, 11) is 1.63. The first-order valence-corrected chi connectivity index (χ1v) is 11.7. The highest BCUT2D eigenvalue weighted by atomic mass is 32.2. The number of methoxy groups -OCH3 is 1. The monoisotopic (exact) mass is 460 g/mol. The molecule has 31 heavy (non-hydrogen) atoms. The van der Waals surface area contributed by atoms with Crippen LogP contribution in [0.4, 0.5) is 5.82 Å². The number of unbranched alkanes of at least 4 members (excludes halogenated alkanes) is 2. The lowest BCUT2D eigenvalue weighted by molar-refractivity contribution is -0.122. The van der Waals surface area contributed by atoms with Gasteiger partial charge in [-0.2, -0.15) is 0 Å². The van der Waals surface area contributed by atoms with Crippen LogP contribution in [0.1, 0.15) is 43.7 Å². The van der Waals surface area contributed by atoms with Crippen LogP contribution < -0.4 is 10.9 Å². The first-order chi connectivity index (χ1) is 15.0. The number of thioether (sulfide) groups is 1. The maximum atomic E-state index is 13.3. The summed E-state index contributed by atoms with van der Waals surface area (Å²) in [4.78, 5) is 32.9. The molecule has 2 aromatic heterocycles. The smallest absolute Gasteiger partial charge is 0.267 e. The zero-order chi connectivity index (χ0) is 22.4. The molecule has 0 bridgehead atoms. The van der Waals surface area contributed by atoms with Crippen molar-refractivity contribution in [3.63, 3.8) is 0 Å². The Hall–Kier alpha value is -2.23. The van der Waals surface area contributed by atoms with Crippen molar-refractivity contribution in [3.8, 4) is 0 Å². The van der Waals surface area contributed by atoms with Crippen molar-refractivity contribution in [1.29, 1.82) is 0 Å². The molecule has 1 aliphatic rings. The second-order valence-electron chi connectivity index (χ2n) is 7.38. The molecular formula is C22H28N4O3S2. The van der Waals surface area contributed by atoms with Crippen LogP contribution in [0.25, 0.3) is 11.7 Å². The number of fused-ring (bicyclic) bond motifs is 1. The lowest BCUT2D eigenvalue weighted by Crippen LogP contribution is -2.29. The van der Waals surface area contributed by atoms with Crippen LogP contribution in [0.15, 0.2) is 28.0 Å². The van der Waals surface area contributed by atoms with Crippen molar-refractivity contribution in [2.24, 2.45) is 0 Å². The van der Waals surface area contributed by atoms with Gasteiger partial charge in [0.2, 0.25) is 0 Å². The van der Waals surface area contributed by atoms with Gasteiger partial charge in [-0.05, 0) is 37.5 Å². The molecule has 3 rings (SSSR count). The molecule has 0 saturated carbocycles. The van der Waals surface area contributed by atoms with Crippen LogP contribution in [0.5, 0.6) is 0 Å². The summed E-state index contributed by atoms with van der Waals surface area (Å²) in [6.07, 6.45) is 7.20. The van der Waals surface area contributed by atoms with E-state index in [4.69, 9.17) is 21.9 Å². The number of rotatable bonds is 10. The Balaban J connectivity index is 1.99.